The van der Waals surface area contributed by atoms with Crippen molar-refractivity contribution in [3.63, 3.8) is 0 Å². The average Bonchev–Trinajstić information content (AvgIpc) is 3.11. The highest BCUT2D eigenvalue weighted by molar-refractivity contribution is 8.05. The van der Waals surface area contributed by atoms with E-state index < -0.39 is 29.0 Å². The van der Waals surface area contributed by atoms with Crippen LogP contribution in [0.3, 0.4) is 0 Å². The van der Waals surface area contributed by atoms with Crippen molar-refractivity contribution >= 4 is 34.2 Å². The van der Waals surface area contributed by atoms with Crippen molar-refractivity contribution in [1.82, 2.24) is 9.80 Å². The summed E-state index contributed by atoms with van der Waals surface area (Å²) in [4.78, 5) is 38.1. The number of rotatable bonds is 1. The summed E-state index contributed by atoms with van der Waals surface area (Å²) in [5.41, 5.74) is -0.632. The molecule has 1 saturated heterocycles. The molecule has 9 heteroatoms. The normalized spacial score (nSPS) is 25.5. The van der Waals surface area contributed by atoms with Gasteiger partial charge in [-0.3, -0.25) is 14.6 Å². The third-order valence-corrected chi connectivity index (χ3v) is 5.83. The predicted octanol–water partition coefficient (Wildman–Crippen LogP) is 2.65. The van der Waals surface area contributed by atoms with E-state index in [1.807, 2.05) is 20.8 Å². The van der Waals surface area contributed by atoms with Crippen LogP contribution < -0.4 is 0 Å². The van der Waals surface area contributed by atoms with Gasteiger partial charge in [-0.2, -0.15) is 9.98 Å². The van der Waals surface area contributed by atoms with Gasteiger partial charge in [0.2, 0.25) is 5.91 Å². The first-order valence-corrected chi connectivity index (χ1v) is 11.5. The molecule has 3 aliphatic rings. The number of aliphatic imine (C=N–C) groups is 2. The summed E-state index contributed by atoms with van der Waals surface area (Å²) in [6, 6.07) is 0.129. The van der Waals surface area contributed by atoms with Crippen molar-refractivity contribution < 1.29 is 18.9 Å². The molecular formula is C19H30N4O4S. The number of hydrogen-bond donors (Lipinski definition) is 0. The van der Waals surface area contributed by atoms with Gasteiger partial charge in [0.1, 0.15) is 23.9 Å². The molecule has 2 bridgehead atoms. The number of amides is 2. The van der Waals surface area contributed by atoms with Gasteiger partial charge < -0.3 is 9.29 Å². The lowest BCUT2D eigenvalue weighted by molar-refractivity contribution is -0.129. The van der Waals surface area contributed by atoms with Gasteiger partial charge in [-0.15, -0.1) is 0 Å². The van der Waals surface area contributed by atoms with Crippen molar-refractivity contribution in [1.29, 1.82) is 0 Å². The molecule has 1 aliphatic carbocycles. The Morgan fingerprint density at radius 3 is 2.54 bits per heavy atom. The molecule has 0 aromatic rings. The second kappa shape index (κ2) is 8.41. The topological polar surface area (TPSA) is 97.6 Å². The summed E-state index contributed by atoms with van der Waals surface area (Å²) >= 11 is -1.41. The van der Waals surface area contributed by atoms with Gasteiger partial charge in [-0.05, 0) is 40.0 Å². The third-order valence-electron chi connectivity index (χ3n) is 5.12. The Bertz CT molecular complexity index is 680. The molecule has 2 atom stereocenters. The van der Waals surface area contributed by atoms with Crippen LogP contribution in [0.2, 0.25) is 0 Å². The number of fused-ring (bicyclic) bond motifs is 2. The van der Waals surface area contributed by atoms with Gasteiger partial charge in [0.25, 0.3) is 0 Å². The number of ether oxygens (including phenoxy) is 1. The zero-order valence-electron chi connectivity index (χ0n) is 17.1. The van der Waals surface area contributed by atoms with E-state index in [4.69, 9.17) is 4.74 Å². The van der Waals surface area contributed by atoms with Crippen molar-refractivity contribution in [2.24, 2.45) is 9.98 Å². The highest BCUT2D eigenvalue weighted by atomic mass is 32.2. The SMILES string of the molecule is C[S+]([O-])C1=NC2CC(=N1)N(C1CCCC1)C(=O)CCCN2C(=O)OC(C)(C)C. The fraction of sp³-hybridized carbons (Fsp3) is 0.789. The molecule has 8 nitrogen and oxygen atoms in total. The first-order chi connectivity index (χ1) is 13.2. The maximum absolute atomic E-state index is 13.0. The lowest BCUT2D eigenvalue weighted by atomic mass is 10.1. The van der Waals surface area contributed by atoms with Crippen molar-refractivity contribution in [3.05, 3.63) is 0 Å². The first-order valence-electron chi connectivity index (χ1n) is 9.96. The van der Waals surface area contributed by atoms with Crippen molar-refractivity contribution in [2.75, 3.05) is 12.8 Å². The van der Waals surface area contributed by atoms with Crippen molar-refractivity contribution in [3.8, 4) is 0 Å². The monoisotopic (exact) mass is 410 g/mol. The van der Waals surface area contributed by atoms with E-state index in [2.05, 4.69) is 9.98 Å². The molecule has 0 radical (unpaired) electrons. The summed E-state index contributed by atoms with van der Waals surface area (Å²) in [7, 11) is 0. The van der Waals surface area contributed by atoms with Crippen LogP contribution in [0.15, 0.2) is 9.98 Å². The zero-order chi connectivity index (χ0) is 20.5. The van der Waals surface area contributed by atoms with Gasteiger partial charge in [0.15, 0.2) is 0 Å². The van der Waals surface area contributed by atoms with E-state index in [9.17, 15) is 14.1 Å². The van der Waals surface area contributed by atoms with E-state index >= 15 is 0 Å². The fourth-order valence-corrected chi connectivity index (χ4v) is 4.42. The molecule has 28 heavy (non-hydrogen) atoms. The maximum Gasteiger partial charge on any atom is 0.412 e. The van der Waals surface area contributed by atoms with Crippen LogP contribution in [0.5, 0.6) is 0 Å². The van der Waals surface area contributed by atoms with Crippen LogP contribution in [-0.2, 0) is 20.7 Å². The summed E-state index contributed by atoms with van der Waals surface area (Å²) in [5, 5.41) is 0.178. The average molecular weight is 411 g/mol. The lowest BCUT2D eigenvalue weighted by Crippen LogP contribution is -2.49. The third kappa shape index (κ3) is 4.86. The molecule has 1 saturated carbocycles. The number of hydrogen-bond acceptors (Lipinski definition) is 6. The second-order valence-electron chi connectivity index (χ2n) is 8.56. The Labute approximate surface area is 169 Å². The van der Waals surface area contributed by atoms with E-state index in [1.165, 1.54) is 6.26 Å². The van der Waals surface area contributed by atoms with Gasteiger partial charge in [-0.1, -0.05) is 12.8 Å². The first kappa shape index (κ1) is 21.1. The largest absolute Gasteiger partial charge is 0.609 e. The van der Waals surface area contributed by atoms with Gasteiger partial charge in [0.05, 0.1) is 0 Å². The predicted molar refractivity (Wildman–Crippen MR) is 109 cm³/mol. The molecule has 0 aromatic heterocycles. The van der Waals surface area contributed by atoms with Crippen LogP contribution >= 0.6 is 0 Å². The molecule has 2 unspecified atom stereocenters. The van der Waals surface area contributed by atoms with Crippen LogP contribution in [0.1, 0.15) is 65.7 Å². The molecule has 156 valence electrons. The molecular weight excluding hydrogens is 380 g/mol. The Kier molecular flexibility index (Phi) is 6.34. The Morgan fingerprint density at radius 2 is 1.93 bits per heavy atom. The molecule has 3 rings (SSSR count). The van der Waals surface area contributed by atoms with Crippen LogP contribution in [0.25, 0.3) is 0 Å². The van der Waals surface area contributed by atoms with Crippen LogP contribution in [-0.4, -0.2) is 68.0 Å². The minimum absolute atomic E-state index is 0.0265. The van der Waals surface area contributed by atoms with E-state index in [1.54, 1.807) is 9.80 Å². The standard InChI is InChI=1S/C19H30N4O4S/c1-19(2,3)27-18(25)22-11-7-10-16(24)23(13-8-5-6-9-13)15-12-14(22)20-17(21-15)28(4)26/h13-14H,5-12H2,1-4H3. The smallest absolute Gasteiger partial charge is 0.412 e. The van der Waals surface area contributed by atoms with Crippen LogP contribution in [0.4, 0.5) is 4.79 Å². The fourth-order valence-electron chi connectivity index (χ4n) is 3.92. The minimum atomic E-state index is -1.41. The molecule has 2 aliphatic heterocycles. The number of carbonyl (C=O) groups excluding carboxylic acids is 2. The molecule has 2 fully saturated rings. The Morgan fingerprint density at radius 1 is 1.25 bits per heavy atom. The van der Waals surface area contributed by atoms with Gasteiger partial charge in [0, 0.05) is 36.6 Å². The number of carbonyl (C=O) groups is 2. The number of nitrogens with zero attached hydrogens (tertiary/aromatic N) is 4. The molecule has 0 spiro atoms. The number of amidine groups is 2. The van der Waals surface area contributed by atoms with Crippen LogP contribution in [0, 0.1) is 0 Å². The van der Waals surface area contributed by atoms with E-state index in [-0.39, 0.29) is 17.1 Å². The lowest BCUT2D eigenvalue weighted by Gasteiger charge is -2.35. The summed E-state index contributed by atoms with van der Waals surface area (Å²) in [5.74, 6) is 0.608. The second-order valence-corrected chi connectivity index (χ2v) is 9.83. The maximum atomic E-state index is 13.0. The van der Waals surface area contributed by atoms with Gasteiger partial charge in [-0.25, -0.2) is 4.79 Å². The summed E-state index contributed by atoms with van der Waals surface area (Å²) < 4.78 is 17.7. The molecule has 2 heterocycles. The molecule has 2 amide bonds. The molecule has 0 N–H and O–H groups in total. The zero-order valence-corrected chi connectivity index (χ0v) is 18.0. The Hall–Kier alpha value is -1.61. The highest BCUT2D eigenvalue weighted by Crippen LogP contribution is 2.29. The van der Waals surface area contributed by atoms with E-state index in [0.29, 0.717) is 31.6 Å². The van der Waals surface area contributed by atoms with E-state index in [0.717, 1.165) is 25.7 Å². The molecule has 0 aromatic carbocycles. The highest BCUT2D eigenvalue weighted by Gasteiger charge is 2.39. The Balaban J connectivity index is 1.95. The van der Waals surface area contributed by atoms with Gasteiger partial charge >= 0.3 is 11.3 Å². The summed E-state index contributed by atoms with van der Waals surface area (Å²) in [6.45, 7) is 5.81. The van der Waals surface area contributed by atoms with Crippen molar-refractivity contribution in [2.45, 2.75) is 83.5 Å². The summed E-state index contributed by atoms with van der Waals surface area (Å²) in [6.07, 6.45) is 5.79. The quantitative estimate of drug-likeness (QED) is 0.621. The minimum Gasteiger partial charge on any atom is -0.609 e.